The predicted octanol–water partition coefficient (Wildman–Crippen LogP) is 7.88. The fraction of sp³-hybridized carbons (Fsp3) is 0.0769. The lowest BCUT2D eigenvalue weighted by Crippen LogP contribution is -1.90. The molecule has 0 spiro atoms. The van der Waals surface area contributed by atoms with Crippen LogP contribution in [0.15, 0.2) is 110 Å². The first-order valence-corrected chi connectivity index (χ1v) is 9.28. The summed E-state index contributed by atoms with van der Waals surface area (Å²) in [4.78, 5) is 0. The lowest BCUT2D eigenvalue weighted by atomic mass is 10.0. The Hall–Kier alpha value is -3.32. The van der Waals surface area contributed by atoms with Crippen molar-refractivity contribution in [2.75, 3.05) is 5.32 Å². The maximum Gasteiger partial charge on any atom is 0.0384 e. The smallest absolute Gasteiger partial charge is 0.0384 e. The number of nitrogens with one attached hydrogen (secondary N) is 1. The monoisotopic (exact) mass is 353 g/mol. The molecule has 3 aromatic rings. The Morgan fingerprint density at radius 1 is 0.704 bits per heavy atom. The predicted molar refractivity (Wildman–Crippen MR) is 121 cm³/mol. The van der Waals surface area contributed by atoms with Crippen LogP contribution >= 0.6 is 0 Å². The van der Waals surface area contributed by atoms with Gasteiger partial charge >= 0.3 is 0 Å². The molecule has 1 N–H and O–H groups in total. The number of allylic oxidation sites excluding steroid dienone is 4. The van der Waals surface area contributed by atoms with E-state index in [1.165, 1.54) is 11.1 Å². The first-order valence-electron chi connectivity index (χ1n) is 9.28. The van der Waals surface area contributed by atoms with E-state index in [2.05, 4.69) is 91.3 Å². The average Bonchev–Trinajstić information content (AvgIpc) is 2.75. The molecule has 0 radical (unpaired) electrons. The maximum absolute atomic E-state index is 3.85. The van der Waals surface area contributed by atoms with Crippen LogP contribution in [0.5, 0.6) is 0 Å². The molecule has 0 bridgehead atoms. The van der Waals surface area contributed by atoms with Crippen molar-refractivity contribution < 1.29 is 0 Å². The molecule has 0 aliphatic heterocycles. The molecular weight excluding hydrogens is 326 g/mol. The molecule has 0 saturated carbocycles. The van der Waals surface area contributed by atoms with Gasteiger partial charge < -0.3 is 5.32 Å². The molecule has 136 valence electrons. The summed E-state index contributed by atoms with van der Waals surface area (Å²) in [6, 6.07) is 27.2. The highest BCUT2D eigenvalue weighted by Gasteiger charge is 2.00. The van der Waals surface area contributed by atoms with Gasteiger partial charge in [0.25, 0.3) is 0 Å². The Labute approximate surface area is 163 Å². The van der Waals surface area contributed by atoms with E-state index in [0.717, 1.165) is 22.5 Å². The minimum absolute atomic E-state index is 1.05. The standard InChI is InChI=1S/C24H21N.C2H6/c1-3-8-19(4-2)21-11-15-23(16-12-21)25-24-17-13-22(14-18-24)20-9-6-5-7-10-20;1-2/h3-18,25H,1-2H2;1-2H3/b19-8+;. The molecule has 0 amide bonds. The van der Waals surface area contributed by atoms with Crippen molar-refractivity contribution in [1.29, 1.82) is 0 Å². The largest absolute Gasteiger partial charge is 0.356 e. The van der Waals surface area contributed by atoms with Gasteiger partial charge in [0.1, 0.15) is 0 Å². The molecule has 1 nitrogen and oxygen atoms in total. The highest BCUT2D eigenvalue weighted by molar-refractivity contribution is 5.76. The summed E-state index contributed by atoms with van der Waals surface area (Å²) in [7, 11) is 0. The normalized spacial score (nSPS) is 10.4. The third-order valence-corrected chi connectivity index (χ3v) is 4.02. The van der Waals surface area contributed by atoms with Crippen LogP contribution in [-0.2, 0) is 0 Å². The van der Waals surface area contributed by atoms with Gasteiger partial charge in [-0.05, 0) is 46.5 Å². The molecule has 0 aliphatic carbocycles. The third-order valence-electron chi connectivity index (χ3n) is 4.02. The second-order valence-corrected chi connectivity index (χ2v) is 5.71. The van der Waals surface area contributed by atoms with E-state index in [4.69, 9.17) is 0 Å². The minimum Gasteiger partial charge on any atom is -0.356 e. The van der Waals surface area contributed by atoms with Gasteiger partial charge in [-0.2, -0.15) is 0 Å². The Kier molecular flexibility index (Phi) is 7.87. The lowest BCUT2D eigenvalue weighted by Gasteiger charge is -2.09. The van der Waals surface area contributed by atoms with Gasteiger partial charge in [-0.25, -0.2) is 0 Å². The highest BCUT2D eigenvalue weighted by atomic mass is 14.9. The molecule has 0 heterocycles. The van der Waals surface area contributed by atoms with Gasteiger partial charge in [-0.3, -0.25) is 0 Å². The SMILES string of the molecule is C=C/C=C(\C=C)c1ccc(Nc2ccc(-c3ccccc3)cc2)cc1.CC. The van der Waals surface area contributed by atoms with E-state index in [1.807, 2.05) is 32.1 Å². The molecular formula is C26H27N. The second kappa shape index (κ2) is 10.6. The van der Waals surface area contributed by atoms with Crippen molar-refractivity contribution in [2.24, 2.45) is 0 Å². The second-order valence-electron chi connectivity index (χ2n) is 5.71. The average molecular weight is 354 g/mol. The van der Waals surface area contributed by atoms with E-state index >= 15 is 0 Å². The van der Waals surface area contributed by atoms with Crippen LogP contribution in [0.4, 0.5) is 11.4 Å². The van der Waals surface area contributed by atoms with Crippen LogP contribution in [0.3, 0.4) is 0 Å². The van der Waals surface area contributed by atoms with Gasteiger partial charge in [0.15, 0.2) is 0 Å². The van der Waals surface area contributed by atoms with Crippen molar-refractivity contribution in [3.8, 4) is 11.1 Å². The van der Waals surface area contributed by atoms with Crippen LogP contribution in [0.25, 0.3) is 16.7 Å². The van der Waals surface area contributed by atoms with E-state index < -0.39 is 0 Å². The summed E-state index contributed by atoms with van der Waals surface area (Å²) in [6.07, 6.45) is 5.57. The fourth-order valence-electron chi connectivity index (χ4n) is 2.70. The van der Waals surface area contributed by atoms with Crippen LogP contribution in [0.1, 0.15) is 19.4 Å². The molecule has 0 atom stereocenters. The van der Waals surface area contributed by atoms with Crippen molar-refractivity contribution in [2.45, 2.75) is 13.8 Å². The van der Waals surface area contributed by atoms with Gasteiger partial charge in [0, 0.05) is 11.4 Å². The number of benzene rings is 3. The molecule has 0 aromatic heterocycles. The summed E-state index contributed by atoms with van der Waals surface area (Å²) in [5.41, 5.74) is 6.75. The molecule has 0 saturated heterocycles. The maximum atomic E-state index is 3.85. The Balaban J connectivity index is 0.00000126. The summed E-state index contributed by atoms with van der Waals surface area (Å²) in [5.74, 6) is 0. The van der Waals surface area contributed by atoms with Crippen LogP contribution in [0, 0.1) is 0 Å². The van der Waals surface area contributed by atoms with Gasteiger partial charge in [0.05, 0.1) is 0 Å². The zero-order valence-corrected chi connectivity index (χ0v) is 16.2. The summed E-state index contributed by atoms with van der Waals surface area (Å²) >= 11 is 0. The van der Waals surface area contributed by atoms with Crippen LogP contribution in [0.2, 0.25) is 0 Å². The van der Waals surface area contributed by atoms with E-state index in [1.54, 1.807) is 6.08 Å². The topological polar surface area (TPSA) is 12.0 Å². The third kappa shape index (κ3) is 5.58. The highest BCUT2D eigenvalue weighted by Crippen LogP contribution is 2.24. The Bertz CT molecular complexity index is 870. The van der Waals surface area contributed by atoms with Crippen molar-refractivity contribution in [3.63, 3.8) is 0 Å². The number of hydrogen-bond donors (Lipinski definition) is 1. The molecule has 1 heteroatoms. The van der Waals surface area contributed by atoms with Gasteiger partial charge in [-0.15, -0.1) is 0 Å². The molecule has 0 fully saturated rings. The first kappa shape index (κ1) is 20.0. The van der Waals surface area contributed by atoms with Crippen molar-refractivity contribution in [1.82, 2.24) is 0 Å². The van der Waals surface area contributed by atoms with Crippen molar-refractivity contribution >= 4 is 16.9 Å². The molecule has 3 aromatic carbocycles. The number of hydrogen-bond acceptors (Lipinski definition) is 1. The first-order chi connectivity index (χ1) is 13.3. The van der Waals surface area contributed by atoms with E-state index in [-0.39, 0.29) is 0 Å². The quantitative estimate of drug-likeness (QED) is 0.444. The zero-order chi connectivity index (χ0) is 19.5. The molecule has 0 unspecified atom stereocenters. The van der Waals surface area contributed by atoms with Crippen molar-refractivity contribution in [3.05, 3.63) is 116 Å². The molecule has 0 aliphatic rings. The number of rotatable bonds is 6. The lowest BCUT2D eigenvalue weighted by molar-refractivity contribution is 1.50. The summed E-state index contributed by atoms with van der Waals surface area (Å²) in [5, 5.41) is 3.43. The van der Waals surface area contributed by atoms with E-state index in [9.17, 15) is 0 Å². The van der Waals surface area contributed by atoms with E-state index in [0.29, 0.717) is 0 Å². The zero-order valence-electron chi connectivity index (χ0n) is 16.2. The molecule has 3 rings (SSSR count). The Morgan fingerprint density at radius 2 is 1.22 bits per heavy atom. The minimum atomic E-state index is 1.05. The number of anilines is 2. The fourth-order valence-corrected chi connectivity index (χ4v) is 2.70. The summed E-state index contributed by atoms with van der Waals surface area (Å²) < 4.78 is 0. The van der Waals surface area contributed by atoms with Gasteiger partial charge in [-0.1, -0.05) is 99.8 Å². The molecule has 27 heavy (non-hydrogen) atoms. The Morgan fingerprint density at radius 3 is 1.74 bits per heavy atom. The van der Waals surface area contributed by atoms with Crippen LogP contribution < -0.4 is 5.32 Å². The van der Waals surface area contributed by atoms with Crippen LogP contribution in [-0.4, -0.2) is 0 Å². The summed E-state index contributed by atoms with van der Waals surface area (Å²) in [6.45, 7) is 11.6. The van der Waals surface area contributed by atoms with Gasteiger partial charge in [0.2, 0.25) is 0 Å².